The van der Waals surface area contributed by atoms with Gasteiger partial charge in [-0.15, -0.1) is 0 Å². The number of nitrogens with one attached hydrogen (secondary N) is 1. The molecule has 1 N–H and O–H groups in total. The Labute approximate surface area is 128 Å². The SMILES string of the molecule is COc1ccc2c(c1)CCCC2NCC1CCCCN1C. The number of hydrogen-bond acceptors (Lipinski definition) is 3. The third-order valence-electron chi connectivity index (χ3n) is 5.19. The fourth-order valence-corrected chi connectivity index (χ4v) is 3.81. The van der Waals surface area contributed by atoms with Gasteiger partial charge in [0.2, 0.25) is 0 Å². The van der Waals surface area contributed by atoms with Gasteiger partial charge in [-0.25, -0.2) is 0 Å². The zero-order chi connectivity index (χ0) is 14.7. The van der Waals surface area contributed by atoms with Crippen LogP contribution in [0.15, 0.2) is 18.2 Å². The van der Waals surface area contributed by atoms with E-state index in [1.54, 1.807) is 7.11 Å². The van der Waals surface area contributed by atoms with Crippen molar-refractivity contribution in [1.82, 2.24) is 10.2 Å². The van der Waals surface area contributed by atoms with E-state index in [0.717, 1.165) is 12.3 Å². The van der Waals surface area contributed by atoms with Crippen LogP contribution in [-0.2, 0) is 6.42 Å². The lowest BCUT2D eigenvalue weighted by Crippen LogP contribution is -2.44. The lowest BCUT2D eigenvalue weighted by molar-refractivity contribution is 0.176. The number of benzene rings is 1. The molecule has 2 aliphatic rings. The monoisotopic (exact) mass is 288 g/mol. The standard InChI is InChI=1S/C18H28N2O/c1-20-11-4-3-7-15(20)13-19-18-8-5-6-14-12-16(21-2)9-10-17(14)18/h9-10,12,15,18-19H,3-8,11,13H2,1-2H3. The topological polar surface area (TPSA) is 24.5 Å². The molecule has 116 valence electrons. The van der Waals surface area contributed by atoms with Gasteiger partial charge in [-0.1, -0.05) is 12.5 Å². The second-order valence-electron chi connectivity index (χ2n) is 6.55. The molecule has 0 aromatic heterocycles. The number of likely N-dealkylation sites (N-methyl/N-ethyl adjacent to an activating group) is 1. The molecule has 1 heterocycles. The zero-order valence-corrected chi connectivity index (χ0v) is 13.4. The van der Waals surface area contributed by atoms with E-state index in [0.29, 0.717) is 12.1 Å². The average molecular weight is 288 g/mol. The summed E-state index contributed by atoms with van der Waals surface area (Å²) in [5, 5.41) is 3.83. The highest BCUT2D eigenvalue weighted by Crippen LogP contribution is 2.32. The highest BCUT2D eigenvalue weighted by molar-refractivity contribution is 5.39. The summed E-state index contributed by atoms with van der Waals surface area (Å²) >= 11 is 0. The van der Waals surface area contributed by atoms with E-state index < -0.39 is 0 Å². The van der Waals surface area contributed by atoms with Crippen LogP contribution in [0, 0.1) is 0 Å². The summed E-state index contributed by atoms with van der Waals surface area (Å²) in [6, 6.07) is 7.81. The van der Waals surface area contributed by atoms with Gasteiger partial charge in [-0.05, 0) is 69.0 Å². The van der Waals surface area contributed by atoms with E-state index in [1.165, 1.54) is 56.2 Å². The summed E-state index contributed by atoms with van der Waals surface area (Å²) in [6.07, 6.45) is 7.81. The number of nitrogens with zero attached hydrogens (tertiary/aromatic N) is 1. The molecule has 0 bridgehead atoms. The smallest absolute Gasteiger partial charge is 0.119 e. The Bertz CT molecular complexity index is 474. The Kier molecular flexibility index (Phi) is 4.81. The van der Waals surface area contributed by atoms with Crippen LogP contribution in [0.5, 0.6) is 5.75 Å². The lowest BCUT2D eigenvalue weighted by Gasteiger charge is -2.35. The number of methoxy groups -OCH3 is 1. The van der Waals surface area contributed by atoms with E-state index in [4.69, 9.17) is 4.74 Å². The second-order valence-corrected chi connectivity index (χ2v) is 6.55. The van der Waals surface area contributed by atoms with Crippen LogP contribution in [0.1, 0.15) is 49.3 Å². The maximum atomic E-state index is 5.36. The molecule has 3 heteroatoms. The highest BCUT2D eigenvalue weighted by Gasteiger charge is 2.23. The second kappa shape index (κ2) is 6.80. The summed E-state index contributed by atoms with van der Waals surface area (Å²) < 4.78 is 5.36. The van der Waals surface area contributed by atoms with Gasteiger partial charge in [-0.2, -0.15) is 0 Å². The molecule has 1 aromatic rings. The average Bonchev–Trinajstić information content (AvgIpc) is 2.53. The van der Waals surface area contributed by atoms with Crippen LogP contribution in [0.2, 0.25) is 0 Å². The van der Waals surface area contributed by atoms with Gasteiger partial charge in [0, 0.05) is 18.6 Å². The number of likely N-dealkylation sites (tertiary alicyclic amines) is 1. The van der Waals surface area contributed by atoms with E-state index in [1.807, 2.05) is 0 Å². The molecule has 1 aromatic carbocycles. The summed E-state index contributed by atoms with van der Waals surface area (Å²) in [5.41, 5.74) is 2.95. The summed E-state index contributed by atoms with van der Waals surface area (Å²) in [4.78, 5) is 2.52. The van der Waals surface area contributed by atoms with Crippen LogP contribution < -0.4 is 10.1 Å². The van der Waals surface area contributed by atoms with Crippen LogP contribution in [0.4, 0.5) is 0 Å². The van der Waals surface area contributed by atoms with Crippen molar-refractivity contribution in [2.75, 3.05) is 27.2 Å². The normalized spacial score (nSPS) is 26.4. The fraction of sp³-hybridized carbons (Fsp3) is 0.667. The first kappa shape index (κ1) is 14.9. The predicted octanol–water partition coefficient (Wildman–Crippen LogP) is 3.15. The van der Waals surface area contributed by atoms with Crippen LogP contribution in [-0.4, -0.2) is 38.2 Å². The van der Waals surface area contributed by atoms with Crippen molar-refractivity contribution >= 4 is 0 Å². The highest BCUT2D eigenvalue weighted by atomic mass is 16.5. The molecule has 3 rings (SSSR count). The van der Waals surface area contributed by atoms with Gasteiger partial charge in [0.15, 0.2) is 0 Å². The zero-order valence-electron chi connectivity index (χ0n) is 13.4. The maximum Gasteiger partial charge on any atom is 0.119 e. The van der Waals surface area contributed by atoms with Crippen molar-refractivity contribution < 1.29 is 4.74 Å². The molecule has 1 saturated heterocycles. The van der Waals surface area contributed by atoms with Crippen molar-refractivity contribution in [3.63, 3.8) is 0 Å². The van der Waals surface area contributed by atoms with Gasteiger partial charge in [0.05, 0.1) is 7.11 Å². The molecule has 21 heavy (non-hydrogen) atoms. The van der Waals surface area contributed by atoms with Crippen molar-refractivity contribution in [2.24, 2.45) is 0 Å². The lowest BCUT2D eigenvalue weighted by atomic mass is 9.87. The Morgan fingerprint density at radius 1 is 1.24 bits per heavy atom. The van der Waals surface area contributed by atoms with Gasteiger partial charge in [0.25, 0.3) is 0 Å². The summed E-state index contributed by atoms with van der Waals surface area (Å²) in [7, 11) is 4.02. The number of ether oxygens (including phenoxy) is 1. The molecule has 0 radical (unpaired) electrons. The summed E-state index contributed by atoms with van der Waals surface area (Å²) in [6.45, 7) is 2.37. The Morgan fingerprint density at radius 2 is 2.14 bits per heavy atom. The van der Waals surface area contributed by atoms with E-state index in [9.17, 15) is 0 Å². The maximum absolute atomic E-state index is 5.36. The van der Waals surface area contributed by atoms with Crippen LogP contribution in [0.3, 0.4) is 0 Å². The number of hydrogen-bond donors (Lipinski definition) is 1. The fourth-order valence-electron chi connectivity index (χ4n) is 3.81. The van der Waals surface area contributed by atoms with Crippen molar-refractivity contribution in [1.29, 1.82) is 0 Å². The quantitative estimate of drug-likeness (QED) is 0.921. The minimum Gasteiger partial charge on any atom is -0.497 e. The number of rotatable bonds is 4. The number of aryl methyl sites for hydroxylation is 1. The molecular weight excluding hydrogens is 260 g/mol. The van der Waals surface area contributed by atoms with E-state index in [-0.39, 0.29) is 0 Å². The minimum absolute atomic E-state index is 0.523. The first-order chi connectivity index (χ1) is 10.3. The molecule has 3 nitrogen and oxygen atoms in total. The molecular formula is C18H28N2O. The Hall–Kier alpha value is -1.06. The molecule has 0 spiro atoms. The minimum atomic E-state index is 0.523. The van der Waals surface area contributed by atoms with E-state index >= 15 is 0 Å². The van der Waals surface area contributed by atoms with Gasteiger partial charge in [-0.3, -0.25) is 0 Å². The Balaban J connectivity index is 1.65. The van der Waals surface area contributed by atoms with Crippen molar-refractivity contribution in [3.05, 3.63) is 29.3 Å². The van der Waals surface area contributed by atoms with Crippen LogP contribution >= 0.6 is 0 Å². The molecule has 1 aliphatic heterocycles. The first-order valence-electron chi connectivity index (χ1n) is 8.38. The van der Waals surface area contributed by atoms with Crippen molar-refractivity contribution in [2.45, 2.75) is 50.6 Å². The van der Waals surface area contributed by atoms with E-state index in [2.05, 4.69) is 35.5 Å². The van der Waals surface area contributed by atoms with Crippen LogP contribution in [0.25, 0.3) is 0 Å². The molecule has 1 aliphatic carbocycles. The van der Waals surface area contributed by atoms with Gasteiger partial charge < -0.3 is 15.0 Å². The molecule has 0 amide bonds. The van der Waals surface area contributed by atoms with Crippen molar-refractivity contribution in [3.8, 4) is 5.75 Å². The van der Waals surface area contributed by atoms with Gasteiger partial charge in [0.1, 0.15) is 5.75 Å². The number of piperidine rings is 1. The first-order valence-corrected chi connectivity index (χ1v) is 8.38. The molecule has 2 atom stereocenters. The Morgan fingerprint density at radius 3 is 2.95 bits per heavy atom. The summed E-state index contributed by atoms with van der Waals surface area (Å²) in [5.74, 6) is 0.987. The largest absolute Gasteiger partial charge is 0.497 e. The third-order valence-corrected chi connectivity index (χ3v) is 5.19. The molecule has 1 fully saturated rings. The predicted molar refractivity (Wildman–Crippen MR) is 86.9 cm³/mol. The third kappa shape index (κ3) is 3.41. The van der Waals surface area contributed by atoms with Gasteiger partial charge >= 0.3 is 0 Å². The number of fused-ring (bicyclic) bond motifs is 1. The molecule has 0 saturated carbocycles. The molecule has 2 unspecified atom stereocenters.